The van der Waals surface area contributed by atoms with Crippen LogP contribution in [0.15, 0.2) is 86.0 Å². The van der Waals surface area contributed by atoms with Crippen LogP contribution in [-0.2, 0) is 6.54 Å². The number of para-hydroxylation sites is 1. The number of hydrogen-bond donors (Lipinski definition) is 1. The predicted molar refractivity (Wildman–Crippen MR) is 202 cm³/mol. The fourth-order valence-electron chi connectivity index (χ4n) is 7.18. The third-order valence-corrected chi connectivity index (χ3v) is 9.62. The molecule has 4 aromatic heterocycles. The van der Waals surface area contributed by atoms with E-state index < -0.39 is 0 Å². The first kappa shape index (κ1) is 32.9. The molecule has 1 N–H and O–H groups in total. The molecular formula is C40H44N10. The Morgan fingerprint density at radius 1 is 0.940 bits per heavy atom. The van der Waals surface area contributed by atoms with Crippen LogP contribution in [0.2, 0.25) is 0 Å². The molecule has 1 atom stereocenters. The maximum Gasteiger partial charge on any atom is 0.161 e. The molecule has 1 saturated heterocycles. The Hall–Kier alpha value is -5.64. The number of hydrogen-bond acceptors (Lipinski definition) is 8. The molecule has 5 heterocycles. The minimum absolute atomic E-state index is 0.00678. The first-order valence-corrected chi connectivity index (χ1v) is 16.9. The van der Waals surface area contributed by atoms with Crippen molar-refractivity contribution in [1.29, 1.82) is 0 Å². The number of nitrogens with one attached hydrogen (secondary N) is 1. The molecule has 0 aliphatic carbocycles. The van der Waals surface area contributed by atoms with E-state index >= 15 is 0 Å². The van der Waals surface area contributed by atoms with E-state index in [2.05, 4.69) is 101 Å². The molecule has 1 aliphatic heterocycles. The van der Waals surface area contributed by atoms with Crippen LogP contribution in [0.25, 0.3) is 44.5 Å². The predicted octanol–water partition coefficient (Wildman–Crippen LogP) is 8.13. The Kier molecular flexibility index (Phi) is 8.13. The van der Waals surface area contributed by atoms with E-state index in [1.54, 1.807) is 4.68 Å². The van der Waals surface area contributed by atoms with Crippen LogP contribution in [0.4, 0.5) is 5.82 Å². The number of pyridine rings is 1. The van der Waals surface area contributed by atoms with Crippen molar-refractivity contribution in [3.63, 3.8) is 0 Å². The van der Waals surface area contributed by atoms with E-state index in [0.29, 0.717) is 6.54 Å². The summed E-state index contributed by atoms with van der Waals surface area (Å²) in [5.41, 5.74) is 11.7. The molecule has 50 heavy (non-hydrogen) atoms. The van der Waals surface area contributed by atoms with E-state index in [-0.39, 0.29) is 11.5 Å². The minimum Gasteiger partial charge on any atom is -0.365 e. The van der Waals surface area contributed by atoms with Crippen LogP contribution in [0.3, 0.4) is 0 Å². The van der Waals surface area contributed by atoms with Gasteiger partial charge in [-0.3, -0.25) is 4.68 Å². The first-order valence-electron chi connectivity index (χ1n) is 16.9. The molecule has 7 rings (SSSR count). The van der Waals surface area contributed by atoms with E-state index in [0.717, 1.165) is 103 Å². The van der Waals surface area contributed by atoms with Gasteiger partial charge in [0.25, 0.3) is 0 Å². The molecule has 0 spiro atoms. The fraction of sp³-hybridized carbons (Fsp3) is 0.300. The van der Waals surface area contributed by atoms with Crippen molar-refractivity contribution < 1.29 is 0 Å². The Labute approximate surface area is 293 Å². The van der Waals surface area contributed by atoms with Gasteiger partial charge < -0.3 is 10.2 Å². The zero-order valence-electron chi connectivity index (χ0n) is 30.0. The number of benzene rings is 2. The summed E-state index contributed by atoms with van der Waals surface area (Å²) in [7, 11) is 0. The lowest BCUT2D eigenvalue weighted by molar-refractivity contribution is 0.308. The Morgan fingerprint density at radius 3 is 2.42 bits per heavy atom. The second-order valence-corrected chi connectivity index (χ2v) is 14.5. The van der Waals surface area contributed by atoms with Crippen molar-refractivity contribution in [3.05, 3.63) is 114 Å². The molecule has 0 radical (unpaired) electrons. The molecule has 10 nitrogen and oxygen atoms in total. The number of anilines is 1. The molecule has 0 saturated carbocycles. The maximum absolute atomic E-state index is 5.10. The highest BCUT2D eigenvalue weighted by molar-refractivity contribution is 5.95. The Balaban J connectivity index is 1.18. The van der Waals surface area contributed by atoms with Gasteiger partial charge in [0.1, 0.15) is 17.2 Å². The summed E-state index contributed by atoms with van der Waals surface area (Å²) in [4.78, 5) is 16.3. The van der Waals surface area contributed by atoms with Gasteiger partial charge in [-0.15, -0.1) is 5.10 Å². The van der Waals surface area contributed by atoms with Crippen LogP contribution < -0.4 is 5.32 Å². The largest absolute Gasteiger partial charge is 0.365 e. The van der Waals surface area contributed by atoms with Gasteiger partial charge in [-0.2, -0.15) is 9.78 Å². The molecule has 6 aromatic rings. The lowest BCUT2D eigenvalue weighted by Gasteiger charge is -2.31. The molecule has 0 amide bonds. The number of allylic oxidation sites excluding steroid dienone is 2. The van der Waals surface area contributed by atoms with Gasteiger partial charge in [0.2, 0.25) is 0 Å². The smallest absolute Gasteiger partial charge is 0.161 e. The van der Waals surface area contributed by atoms with E-state index in [4.69, 9.17) is 10.1 Å². The van der Waals surface area contributed by atoms with Gasteiger partial charge in [-0.25, -0.2) is 15.0 Å². The standard InChI is InChI=1S/C40H44N10/c1-23(2)36-32-17-30(31-19-41-29(8)42-20-31)16-24(3)37(32)49(46-36)21-27(6)48-22-40(9,10)18-35(48)28(7)43-38-25(4)15-26(5)39(44-38)50-34-14-12-11-13-33(34)45-47-50/h11-17,19-20,35H,1,6-7,18,21-22H2,2-5,8-10H3,(H,43,44). The van der Waals surface area contributed by atoms with Crippen LogP contribution in [0, 0.1) is 33.1 Å². The van der Waals surface area contributed by atoms with E-state index in [1.807, 2.05) is 57.4 Å². The second-order valence-electron chi connectivity index (χ2n) is 14.5. The summed E-state index contributed by atoms with van der Waals surface area (Å²) >= 11 is 0. The Morgan fingerprint density at radius 2 is 1.68 bits per heavy atom. The van der Waals surface area contributed by atoms with Crippen LogP contribution in [-0.4, -0.2) is 57.2 Å². The van der Waals surface area contributed by atoms with Crippen molar-refractivity contribution >= 4 is 33.3 Å². The van der Waals surface area contributed by atoms with Gasteiger partial charge >= 0.3 is 0 Å². The average molecular weight is 665 g/mol. The van der Waals surface area contributed by atoms with E-state index in [9.17, 15) is 0 Å². The quantitative estimate of drug-likeness (QED) is 0.165. The van der Waals surface area contributed by atoms with Crippen LogP contribution in [0.5, 0.6) is 0 Å². The SMILES string of the molecule is C=C(C)c1nn(CC(=C)N2CC(C)(C)CC2C(=C)Nc2nc(-n3nnc4ccccc43)c(C)cc2C)c2c(C)cc(-c3cnc(C)nc3)cc12. The number of likely N-dealkylation sites (tertiary alicyclic amines) is 1. The molecule has 2 aromatic carbocycles. The van der Waals surface area contributed by atoms with Crippen molar-refractivity contribution in [2.24, 2.45) is 5.41 Å². The minimum atomic E-state index is 0.00678. The first-order chi connectivity index (χ1) is 23.8. The number of aromatic nitrogens is 8. The van der Waals surface area contributed by atoms with Crippen molar-refractivity contribution in [2.75, 3.05) is 11.9 Å². The maximum atomic E-state index is 5.10. The Bertz CT molecular complexity index is 2320. The monoisotopic (exact) mass is 664 g/mol. The number of fused-ring (bicyclic) bond motifs is 2. The van der Waals surface area contributed by atoms with Crippen molar-refractivity contribution in [2.45, 2.75) is 67.5 Å². The topological polar surface area (TPSA) is 102 Å². The average Bonchev–Trinajstić information content (AvgIpc) is 3.76. The second kappa shape index (κ2) is 12.4. The van der Waals surface area contributed by atoms with E-state index in [1.165, 1.54) is 0 Å². The molecule has 1 aliphatic rings. The summed E-state index contributed by atoms with van der Waals surface area (Å²) < 4.78 is 3.88. The number of rotatable bonds is 9. The van der Waals surface area contributed by atoms with Gasteiger partial charge in [0.05, 0.1) is 29.3 Å². The summed E-state index contributed by atoms with van der Waals surface area (Å²) in [5.74, 6) is 2.23. The summed E-state index contributed by atoms with van der Waals surface area (Å²) in [6.07, 6.45) is 4.66. The summed E-state index contributed by atoms with van der Waals surface area (Å²) in [6.45, 7) is 29.6. The lowest BCUT2D eigenvalue weighted by atomic mass is 9.90. The molecule has 1 fully saturated rings. The number of nitrogens with zero attached hydrogens (tertiary/aromatic N) is 9. The highest BCUT2D eigenvalue weighted by atomic mass is 15.4. The van der Waals surface area contributed by atoms with Crippen LogP contribution >= 0.6 is 0 Å². The highest BCUT2D eigenvalue weighted by Crippen LogP contribution is 2.40. The van der Waals surface area contributed by atoms with Crippen molar-refractivity contribution in [3.8, 4) is 16.9 Å². The highest BCUT2D eigenvalue weighted by Gasteiger charge is 2.40. The third-order valence-electron chi connectivity index (χ3n) is 9.62. The molecule has 0 bridgehead atoms. The molecule has 10 heteroatoms. The van der Waals surface area contributed by atoms with Crippen molar-refractivity contribution in [1.82, 2.24) is 44.6 Å². The molecule has 254 valence electrons. The molecule has 1 unspecified atom stereocenters. The number of aryl methyl sites for hydroxylation is 4. The van der Waals surface area contributed by atoms with Crippen LogP contribution in [0.1, 0.15) is 55.4 Å². The molecular weight excluding hydrogens is 621 g/mol. The lowest BCUT2D eigenvalue weighted by Crippen LogP contribution is -2.34. The zero-order valence-corrected chi connectivity index (χ0v) is 30.0. The third kappa shape index (κ3) is 5.95. The van der Waals surface area contributed by atoms with Gasteiger partial charge in [-0.05, 0) is 105 Å². The fourth-order valence-corrected chi connectivity index (χ4v) is 7.18. The summed E-state index contributed by atoms with van der Waals surface area (Å²) in [6, 6.07) is 14.4. The normalized spacial score (nSPS) is 15.6. The van der Waals surface area contributed by atoms with Gasteiger partial charge in [-0.1, -0.05) is 50.9 Å². The van der Waals surface area contributed by atoms with Gasteiger partial charge in [0.15, 0.2) is 5.82 Å². The van der Waals surface area contributed by atoms with Gasteiger partial charge in [0, 0.05) is 41.3 Å². The summed E-state index contributed by atoms with van der Waals surface area (Å²) in [5, 5.41) is 18.5. The zero-order chi connectivity index (χ0) is 35.5.